The van der Waals surface area contributed by atoms with Crippen molar-refractivity contribution in [3.63, 3.8) is 0 Å². The number of hydrogen-bond acceptors (Lipinski definition) is 7. The third-order valence-corrected chi connectivity index (χ3v) is 10.3. The number of carbonyl (C=O) groups is 4. The Morgan fingerprint density at radius 1 is 0.911 bits per heavy atom. The standard InChI is InChI=1S/C37H38N2O6/c1-22-19-30(41)29-20-28-25(32(34(29)35(22)42)26-9-5-6-10-31(26)45-18-17-40)11-12-27-33(28)37(44)39(36(27)43)24-13-15-38(16-14-24)21-23-7-3-2-4-8-23/h2-11,19,24,27-28,32-33,40H,12-18,20-21H2,1H3/t27-,28+,32+,33-/m0/s1. The van der Waals surface area contributed by atoms with Crippen LogP contribution in [0.5, 0.6) is 5.75 Å². The summed E-state index contributed by atoms with van der Waals surface area (Å²) in [6, 6.07) is 17.6. The molecule has 2 heterocycles. The Morgan fingerprint density at radius 2 is 1.64 bits per heavy atom. The number of para-hydroxylation sites is 1. The van der Waals surface area contributed by atoms with Crippen molar-refractivity contribution < 1.29 is 29.0 Å². The molecular weight excluding hydrogens is 568 g/mol. The predicted molar refractivity (Wildman–Crippen MR) is 167 cm³/mol. The largest absolute Gasteiger partial charge is 0.491 e. The normalized spacial score (nSPS) is 27.2. The van der Waals surface area contributed by atoms with Crippen molar-refractivity contribution >= 4 is 23.4 Å². The Bertz CT molecular complexity index is 1650. The highest BCUT2D eigenvalue weighted by atomic mass is 16.5. The van der Waals surface area contributed by atoms with Crippen molar-refractivity contribution in [1.82, 2.24) is 9.80 Å². The van der Waals surface area contributed by atoms with Gasteiger partial charge >= 0.3 is 0 Å². The molecule has 232 valence electrons. The van der Waals surface area contributed by atoms with Crippen LogP contribution in [0.1, 0.15) is 49.7 Å². The summed E-state index contributed by atoms with van der Waals surface area (Å²) in [7, 11) is 0. The number of hydrogen-bond donors (Lipinski definition) is 1. The second-order valence-corrected chi connectivity index (χ2v) is 12.9. The van der Waals surface area contributed by atoms with Crippen LogP contribution in [-0.4, -0.2) is 70.6 Å². The lowest BCUT2D eigenvalue weighted by molar-refractivity contribution is -0.144. The minimum Gasteiger partial charge on any atom is -0.491 e. The molecule has 45 heavy (non-hydrogen) atoms. The van der Waals surface area contributed by atoms with Gasteiger partial charge in [-0.1, -0.05) is 60.2 Å². The quantitative estimate of drug-likeness (QED) is 0.287. The van der Waals surface area contributed by atoms with Crippen molar-refractivity contribution in [2.75, 3.05) is 26.3 Å². The number of carbonyl (C=O) groups excluding carboxylic acids is 4. The fourth-order valence-corrected chi connectivity index (χ4v) is 8.28. The first-order valence-electron chi connectivity index (χ1n) is 16.0. The van der Waals surface area contributed by atoms with Gasteiger partial charge < -0.3 is 9.84 Å². The number of fused-ring (bicyclic) bond motifs is 3. The molecule has 2 aliphatic heterocycles. The van der Waals surface area contributed by atoms with Crippen LogP contribution in [0.25, 0.3) is 0 Å². The van der Waals surface area contributed by atoms with E-state index in [0.717, 1.165) is 43.6 Å². The van der Waals surface area contributed by atoms with Crippen LogP contribution in [0, 0.1) is 17.8 Å². The van der Waals surface area contributed by atoms with Crippen molar-refractivity contribution in [3.8, 4) is 5.75 Å². The van der Waals surface area contributed by atoms with Crippen LogP contribution in [-0.2, 0) is 25.7 Å². The Kier molecular flexibility index (Phi) is 7.88. The number of aliphatic hydroxyl groups is 1. The predicted octanol–water partition coefficient (Wildman–Crippen LogP) is 4.15. The summed E-state index contributed by atoms with van der Waals surface area (Å²) in [5, 5.41) is 9.46. The van der Waals surface area contributed by atoms with Gasteiger partial charge in [0.15, 0.2) is 11.6 Å². The van der Waals surface area contributed by atoms with E-state index in [0.29, 0.717) is 28.9 Å². The zero-order valence-corrected chi connectivity index (χ0v) is 25.5. The number of imide groups is 1. The maximum atomic E-state index is 14.3. The van der Waals surface area contributed by atoms with E-state index >= 15 is 0 Å². The van der Waals surface area contributed by atoms with Crippen LogP contribution in [0.15, 0.2) is 89.0 Å². The summed E-state index contributed by atoms with van der Waals surface area (Å²) < 4.78 is 5.91. The Hall–Kier alpha value is -4.14. The second-order valence-electron chi connectivity index (χ2n) is 12.9. The fraction of sp³-hybridized carbons (Fsp3) is 0.405. The average Bonchev–Trinajstić information content (AvgIpc) is 3.32. The lowest BCUT2D eigenvalue weighted by Gasteiger charge is -2.42. The third kappa shape index (κ3) is 5.10. The van der Waals surface area contributed by atoms with E-state index in [1.54, 1.807) is 17.9 Å². The van der Waals surface area contributed by atoms with E-state index in [-0.39, 0.29) is 55.0 Å². The number of aliphatic hydroxyl groups excluding tert-OH is 1. The molecule has 3 aliphatic carbocycles. The molecule has 8 nitrogen and oxygen atoms in total. The summed E-state index contributed by atoms with van der Waals surface area (Å²) in [6.07, 6.45) is 5.60. The molecular formula is C37H38N2O6. The number of Topliss-reactive ketones (excluding diaryl/α,β-unsaturated/α-hetero) is 1. The van der Waals surface area contributed by atoms with Crippen LogP contribution in [0.2, 0.25) is 0 Å². The molecule has 2 amide bonds. The molecule has 0 aromatic heterocycles. The van der Waals surface area contributed by atoms with Crippen LogP contribution in [0.4, 0.5) is 0 Å². The maximum Gasteiger partial charge on any atom is 0.233 e. The van der Waals surface area contributed by atoms with Gasteiger partial charge in [0.05, 0.1) is 18.4 Å². The summed E-state index contributed by atoms with van der Waals surface area (Å²) in [5.74, 6) is -2.10. The number of piperidine rings is 1. The molecule has 7 rings (SSSR count). The number of ether oxygens (including phenoxy) is 1. The minimum absolute atomic E-state index is 0.0841. The highest BCUT2D eigenvalue weighted by Gasteiger charge is 2.57. The van der Waals surface area contributed by atoms with Gasteiger partial charge in [-0.15, -0.1) is 0 Å². The molecule has 8 heteroatoms. The van der Waals surface area contributed by atoms with E-state index in [1.807, 2.05) is 42.5 Å². The van der Waals surface area contributed by atoms with Gasteiger partial charge in [-0.05, 0) is 56.2 Å². The fourth-order valence-electron chi connectivity index (χ4n) is 8.28. The Balaban J connectivity index is 1.19. The number of ketones is 2. The SMILES string of the molecule is CC1=CC(=O)C2=C(C1=O)[C@@H](c1ccccc1OCCO)C1=CC[C@@H]3C(=O)N(C4CCN(Cc5ccccc5)CC4)C(=O)[C@@H]3[C@@H]1C2. The molecule has 0 unspecified atom stereocenters. The van der Waals surface area contributed by atoms with Gasteiger partial charge in [-0.2, -0.15) is 0 Å². The second kappa shape index (κ2) is 12.0. The molecule has 2 aromatic carbocycles. The zero-order valence-electron chi connectivity index (χ0n) is 25.5. The number of nitrogens with zero attached hydrogens (tertiary/aromatic N) is 2. The lowest BCUT2D eigenvalue weighted by atomic mass is 9.59. The van der Waals surface area contributed by atoms with Crippen molar-refractivity contribution in [3.05, 3.63) is 100 Å². The molecule has 0 radical (unpaired) electrons. The van der Waals surface area contributed by atoms with Gasteiger partial charge in [0.2, 0.25) is 11.8 Å². The highest BCUT2D eigenvalue weighted by molar-refractivity contribution is 6.24. The molecule has 0 bridgehead atoms. The Labute approximate surface area is 263 Å². The Morgan fingerprint density at radius 3 is 2.40 bits per heavy atom. The topological polar surface area (TPSA) is 104 Å². The van der Waals surface area contributed by atoms with Gasteiger partial charge in [-0.3, -0.25) is 29.0 Å². The first-order chi connectivity index (χ1) is 21.9. The van der Waals surface area contributed by atoms with E-state index in [2.05, 4.69) is 17.0 Å². The molecule has 0 spiro atoms. The number of rotatable bonds is 7. The van der Waals surface area contributed by atoms with Crippen LogP contribution < -0.4 is 4.74 Å². The van der Waals surface area contributed by atoms with Crippen molar-refractivity contribution in [1.29, 1.82) is 0 Å². The maximum absolute atomic E-state index is 14.3. The first kappa shape index (κ1) is 29.6. The van der Waals surface area contributed by atoms with Gasteiger partial charge in [-0.25, -0.2) is 0 Å². The molecule has 2 fully saturated rings. The number of likely N-dealkylation sites (tertiary alicyclic amines) is 2. The van der Waals surface area contributed by atoms with E-state index < -0.39 is 17.8 Å². The summed E-state index contributed by atoms with van der Waals surface area (Å²) in [4.78, 5) is 59.4. The van der Waals surface area contributed by atoms with Crippen molar-refractivity contribution in [2.45, 2.75) is 51.1 Å². The van der Waals surface area contributed by atoms with Gasteiger partial charge in [0.1, 0.15) is 12.4 Å². The molecule has 2 aromatic rings. The summed E-state index contributed by atoms with van der Waals surface area (Å²) in [6.45, 7) is 4.04. The average molecular weight is 607 g/mol. The first-order valence-corrected chi connectivity index (χ1v) is 16.0. The zero-order chi connectivity index (χ0) is 31.2. The van der Waals surface area contributed by atoms with E-state index in [1.165, 1.54) is 11.6 Å². The van der Waals surface area contributed by atoms with Crippen molar-refractivity contribution in [2.24, 2.45) is 17.8 Å². The lowest BCUT2D eigenvalue weighted by Crippen LogP contribution is -2.47. The highest BCUT2D eigenvalue weighted by Crippen LogP contribution is 2.56. The van der Waals surface area contributed by atoms with Crippen LogP contribution in [0.3, 0.4) is 0 Å². The smallest absolute Gasteiger partial charge is 0.233 e. The molecule has 5 aliphatic rings. The molecule has 1 N–H and O–H groups in total. The number of allylic oxidation sites excluding steroid dienone is 6. The monoisotopic (exact) mass is 606 g/mol. The molecule has 4 atom stereocenters. The minimum atomic E-state index is -0.576. The van der Waals surface area contributed by atoms with Crippen LogP contribution >= 0.6 is 0 Å². The third-order valence-electron chi connectivity index (χ3n) is 10.3. The summed E-state index contributed by atoms with van der Waals surface area (Å²) >= 11 is 0. The van der Waals surface area contributed by atoms with E-state index in [9.17, 15) is 24.3 Å². The van der Waals surface area contributed by atoms with Gasteiger partial charge in [0, 0.05) is 53.9 Å². The number of amides is 2. The van der Waals surface area contributed by atoms with E-state index in [4.69, 9.17) is 4.74 Å². The molecule has 2 saturated heterocycles. The summed E-state index contributed by atoms with van der Waals surface area (Å²) in [5.41, 5.74) is 4.15. The van der Waals surface area contributed by atoms with Gasteiger partial charge in [0.25, 0.3) is 0 Å². The molecule has 0 saturated carbocycles. The number of benzene rings is 2.